The molecular weight excluding hydrogens is 402 g/mol. The van der Waals surface area contributed by atoms with Crippen molar-refractivity contribution in [3.05, 3.63) is 71.3 Å². The van der Waals surface area contributed by atoms with E-state index < -0.39 is 22.0 Å². The molecule has 0 aliphatic carbocycles. The van der Waals surface area contributed by atoms with Gasteiger partial charge in [-0.05, 0) is 23.1 Å². The summed E-state index contributed by atoms with van der Waals surface area (Å²) in [6.45, 7) is 1.50. The number of nitrogens with zero attached hydrogens (tertiary/aromatic N) is 2. The monoisotopic (exact) mass is 429 g/mol. The van der Waals surface area contributed by atoms with Crippen LogP contribution in [0.15, 0.2) is 54.6 Å². The van der Waals surface area contributed by atoms with Crippen LogP contribution in [0.2, 0.25) is 0 Å². The summed E-state index contributed by atoms with van der Waals surface area (Å²) in [7, 11) is -2.18. The Balaban J connectivity index is 1.77. The van der Waals surface area contributed by atoms with Crippen LogP contribution in [0.5, 0.6) is 0 Å². The van der Waals surface area contributed by atoms with Crippen LogP contribution in [0.1, 0.15) is 35.6 Å². The minimum Gasteiger partial charge on any atom is -0.350 e. The maximum absolute atomic E-state index is 13.0. The van der Waals surface area contributed by atoms with Gasteiger partial charge in [-0.25, -0.2) is 8.42 Å². The van der Waals surface area contributed by atoms with Crippen molar-refractivity contribution in [3.8, 4) is 0 Å². The summed E-state index contributed by atoms with van der Waals surface area (Å²) in [6.07, 6.45) is 2.53. The van der Waals surface area contributed by atoms with Crippen molar-refractivity contribution in [1.29, 1.82) is 0 Å². The highest BCUT2D eigenvalue weighted by Gasteiger charge is 2.30. The summed E-state index contributed by atoms with van der Waals surface area (Å²) in [5, 5.41) is 2.88. The SMILES string of the molecule is CN([C@H](C(=O)NCc1ccccc1CN1CCCC1=O)c1ccccc1)S(C)(=O)=O. The molecule has 0 unspecified atom stereocenters. The Morgan fingerprint density at radius 3 is 2.33 bits per heavy atom. The highest BCUT2D eigenvalue weighted by Crippen LogP contribution is 2.23. The Hall–Kier alpha value is -2.71. The second kappa shape index (κ2) is 9.40. The molecule has 0 aromatic heterocycles. The Morgan fingerprint density at radius 1 is 1.10 bits per heavy atom. The molecule has 1 heterocycles. The van der Waals surface area contributed by atoms with E-state index in [0.29, 0.717) is 18.5 Å². The van der Waals surface area contributed by atoms with E-state index in [0.717, 1.165) is 34.7 Å². The molecule has 0 bridgehead atoms. The molecule has 2 aromatic carbocycles. The molecule has 160 valence electrons. The Bertz CT molecular complexity index is 1010. The molecule has 1 fully saturated rings. The molecule has 2 amide bonds. The fourth-order valence-corrected chi connectivity index (χ4v) is 4.19. The predicted octanol–water partition coefficient (Wildman–Crippen LogP) is 2.06. The zero-order valence-corrected chi connectivity index (χ0v) is 18.1. The largest absolute Gasteiger partial charge is 0.350 e. The molecule has 2 aromatic rings. The number of rotatable bonds is 8. The molecular formula is C22H27N3O4S. The first-order valence-corrected chi connectivity index (χ1v) is 11.7. The highest BCUT2D eigenvalue weighted by molar-refractivity contribution is 7.88. The van der Waals surface area contributed by atoms with Crippen molar-refractivity contribution in [2.45, 2.75) is 32.0 Å². The number of hydrogen-bond acceptors (Lipinski definition) is 4. The first-order chi connectivity index (χ1) is 14.3. The highest BCUT2D eigenvalue weighted by atomic mass is 32.2. The van der Waals surface area contributed by atoms with Crippen LogP contribution in [-0.2, 0) is 32.7 Å². The number of hydrogen-bond donors (Lipinski definition) is 1. The molecule has 7 nitrogen and oxygen atoms in total. The smallest absolute Gasteiger partial charge is 0.243 e. The average molecular weight is 430 g/mol. The van der Waals surface area contributed by atoms with E-state index >= 15 is 0 Å². The fourth-order valence-electron chi connectivity index (χ4n) is 3.59. The number of amides is 2. The lowest BCUT2D eigenvalue weighted by Gasteiger charge is -2.26. The van der Waals surface area contributed by atoms with Crippen LogP contribution in [0.3, 0.4) is 0 Å². The van der Waals surface area contributed by atoms with Crippen molar-refractivity contribution >= 4 is 21.8 Å². The first-order valence-electron chi connectivity index (χ1n) is 9.87. The van der Waals surface area contributed by atoms with Gasteiger partial charge in [0.25, 0.3) is 0 Å². The van der Waals surface area contributed by atoms with Crippen molar-refractivity contribution in [2.24, 2.45) is 0 Å². The molecule has 0 saturated carbocycles. The summed E-state index contributed by atoms with van der Waals surface area (Å²) >= 11 is 0. The van der Waals surface area contributed by atoms with E-state index in [1.807, 2.05) is 35.2 Å². The Kier molecular flexibility index (Phi) is 6.89. The lowest BCUT2D eigenvalue weighted by molar-refractivity contribution is -0.128. The summed E-state index contributed by atoms with van der Waals surface area (Å²) in [4.78, 5) is 26.8. The van der Waals surface area contributed by atoms with Gasteiger partial charge in [0.2, 0.25) is 21.8 Å². The van der Waals surface area contributed by atoms with E-state index in [1.54, 1.807) is 24.3 Å². The van der Waals surface area contributed by atoms with E-state index in [2.05, 4.69) is 5.32 Å². The second-order valence-corrected chi connectivity index (χ2v) is 9.54. The van der Waals surface area contributed by atoms with Gasteiger partial charge in [-0.1, -0.05) is 54.6 Å². The van der Waals surface area contributed by atoms with Crippen LogP contribution >= 0.6 is 0 Å². The van der Waals surface area contributed by atoms with Gasteiger partial charge in [-0.3, -0.25) is 9.59 Å². The van der Waals surface area contributed by atoms with Gasteiger partial charge in [0.1, 0.15) is 6.04 Å². The Morgan fingerprint density at radius 2 is 1.73 bits per heavy atom. The van der Waals surface area contributed by atoms with Crippen LogP contribution in [0.4, 0.5) is 0 Å². The molecule has 0 spiro atoms. The molecule has 1 aliphatic rings. The van der Waals surface area contributed by atoms with Crippen molar-refractivity contribution in [3.63, 3.8) is 0 Å². The maximum atomic E-state index is 13.0. The Labute approximate surface area is 177 Å². The summed E-state index contributed by atoms with van der Waals surface area (Å²) in [5.74, 6) is -0.256. The van der Waals surface area contributed by atoms with E-state index in [9.17, 15) is 18.0 Å². The summed E-state index contributed by atoms with van der Waals surface area (Å²) < 4.78 is 25.3. The maximum Gasteiger partial charge on any atom is 0.243 e. The molecule has 8 heteroatoms. The van der Waals surface area contributed by atoms with Gasteiger partial charge in [-0.15, -0.1) is 0 Å². The standard InChI is InChI=1S/C22H27N3O4S/c1-24(30(2,28)29)21(17-9-4-3-5-10-17)22(27)23-15-18-11-6-7-12-19(18)16-25-14-8-13-20(25)26/h3-7,9-12,21H,8,13-16H2,1-2H3,(H,23,27)/t21-/m0/s1. The topological polar surface area (TPSA) is 86.8 Å². The lowest BCUT2D eigenvalue weighted by Crippen LogP contribution is -2.41. The van der Waals surface area contributed by atoms with Gasteiger partial charge in [0.15, 0.2) is 0 Å². The minimum absolute atomic E-state index is 0.146. The van der Waals surface area contributed by atoms with E-state index in [1.165, 1.54) is 7.05 Å². The van der Waals surface area contributed by atoms with Crippen LogP contribution in [0.25, 0.3) is 0 Å². The predicted molar refractivity (Wildman–Crippen MR) is 115 cm³/mol. The van der Waals surface area contributed by atoms with Crippen molar-refractivity contribution in [1.82, 2.24) is 14.5 Å². The number of likely N-dealkylation sites (tertiary alicyclic amines) is 1. The molecule has 1 saturated heterocycles. The first kappa shape index (κ1) is 22.0. The number of benzene rings is 2. The zero-order valence-electron chi connectivity index (χ0n) is 17.2. The van der Waals surface area contributed by atoms with Crippen LogP contribution < -0.4 is 5.32 Å². The second-order valence-electron chi connectivity index (χ2n) is 7.50. The summed E-state index contributed by atoms with van der Waals surface area (Å²) in [6, 6.07) is 15.5. The van der Waals surface area contributed by atoms with Gasteiger partial charge in [0.05, 0.1) is 6.26 Å². The average Bonchev–Trinajstić information content (AvgIpc) is 3.12. The van der Waals surface area contributed by atoms with Crippen LogP contribution in [-0.4, -0.2) is 49.3 Å². The molecule has 0 radical (unpaired) electrons. The van der Waals surface area contributed by atoms with Gasteiger partial charge in [0, 0.05) is 33.1 Å². The lowest BCUT2D eigenvalue weighted by atomic mass is 10.0. The van der Waals surface area contributed by atoms with Gasteiger partial charge in [-0.2, -0.15) is 4.31 Å². The van der Waals surface area contributed by atoms with Crippen molar-refractivity contribution in [2.75, 3.05) is 19.8 Å². The third-order valence-corrected chi connectivity index (χ3v) is 6.61. The quantitative estimate of drug-likeness (QED) is 0.696. The van der Waals surface area contributed by atoms with E-state index in [4.69, 9.17) is 0 Å². The number of sulfonamides is 1. The molecule has 3 rings (SSSR count). The van der Waals surface area contributed by atoms with Gasteiger partial charge >= 0.3 is 0 Å². The number of carbonyl (C=O) groups is 2. The number of likely N-dealkylation sites (N-methyl/N-ethyl adjacent to an activating group) is 1. The molecule has 1 atom stereocenters. The zero-order chi connectivity index (χ0) is 21.7. The molecule has 30 heavy (non-hydrogen) atoms. The molecule has 1 aliphatic heterocycles. The normalized spacial score (nSPS) is 15.4. The van der Waals surface area contributed by atoms with Gasteiger partial charge < -0.3 is 10.2 Å². The third-order valence-electron chi connectivity index (χ3n) is 5.35. The van der Waals surface area contributed by atoms with E-state index in [-0.39, 0.29) is 12.5 Å². The minimum atomic E-state index is -3.58. The molecule has 1 N–H and O–H groups in total. The van der Waals surface area contributed by atoms with Crippen LogP contribution in [0, 0.1) is 0 Å². The fraction of sp³-hybridized carbons (Fsp3) is 0.364. The number of carbonyl (C=O) groups excluding carboxylic acids is 2. The summed E-state index contributed by atoms with van der Waals surface area (Å²) in [5.41, 5.74) is 2.47. The third kappa shape index (κ3) is 5.25. The van der Waals surface area contributed by atoms with Crippen molar-refractivity contribution < 1.29 is 18.0 Å². The number of nitrogens with one attached hydrogen (secondary N) is 1.